The fraction of sp³-hybridized carbons (Fsp3) is 0.848. The van der Waals surface area contributed by atoms with Gasteiger partial charge in [-0.3, -0.25) is 9.28 Å². The van der Waals surface area contributed by atoms with E-state index < -0.39 is 6.10 Å². The van der Waals surface area contributed by atoms with Crippen LogP contribution >= 0.6 is 0 Å². The number of aromatic nitrogens is 1. The van der Waals surface area contributed by atoms with Gasteiger partial charge in [0.2, 0.25) is 0 Å². The Morgan fingerprint density at radius 2 is 1.58 bits per heavy atom. The normalized spacial score (nSPS) is 40.9. The van der Waals surface area contributed by atoms with Gasteiger partial charge in [-0.05, 0) is 50.2 Å². The van der Waals surface area contributed by atoms with Crippen LogP contribution in [0.3, 0.4) is 0 Å². The van der Waals surface area contributed by atoms with Crippen LogP contribution in [0.2, 0.25) is 0 Å². The lowest BCUT2D eigenvalue weighted by molar-refractivity contribution is -0.993. The Hall–Kier alpha value is -1.17. The summed E-state index contributed by atoms with van der Waals surface area (Å²) in [6.45, 7) is 3.03. The van der Waals surface area contributed by atoms with Crippen molar-refractivity contribution in [1.82, 2.24) is 4.57 Å². The number of Topliss-reactive ketones (excluding diaryl/α,β-unsaturated/α-hetero) is 1. The summed E-state index contributed by atoms with van der Waals surface area (Å²) >= 11 is 0. The lowest BCUT2D eigenvalue weighted by atomic mass is 9.65. The molecule has 5 heterocycles. The average Bonchev–Trinajstić information content (AvgIpc) is 3.40. The fourth-order valence-electron chi connectivity index (χ4n) is 10.2. The predicted octanol–water partition coefficient (Wildman–Crippen LogP) is 6.97. The van der Waals surface area contributed by atoms with Crippen LogP contribution in [-0.4, -0.2) is 58.5 Å². The van der Waals surface area contributed by atoms with Crippen LogP contribution in [0.1, 0.15) is 138 Å². The number of ketones is 1. The zero-order chi connectivity index (χ0) is 26.2. The Kier molecular flexibility index (Phi) is 8.09. The van der Waals surface area contributed by atoms with E-state index in [1.54, 1.807) is 0 Å². The molecule has 0 aromatic carbocycles. The summed E-state index contributed by atoms with van der Waals surface area (Å²) in [7, 11) is 1.91. The summed E-state index contributed by atoms with van der Waals surface area (Å²) in [6.07, 6.45) is 23.7. The lowest BCUT2D eigenvalue weighted by Crippen LogP contribution is -2.67. The first-order chi connectivity index (χ1) is 18.6. The zero-order valence-corrected chi connectivity index (χ0v) is 24.0. The highest BCUT2D eigenvalue weighted by molar-refractivity contribution is 6.00. The minimum absolute atomic E-state index is 0.00731. The van der Waals surface area contributed by atoms with Crippen molar-refractivity contribution in [2.24, 2.45) is 11.3 Å². The molecule has 6 rings (SSSR count). The molecule has 1 aliphatic carbocycles. The van der Waals surface area contributed by atoms with Gasteiger partial charge in [0.25, 0.3) is 0 Å². The van der Waals surface area contributed by atoms with Crippen LogP contribution < -0.4 is 0 Å². The number of hydrogen-bond donors (Lipinski definition) is 1. The Balaban J connectivity index is 1.49. The van der Waals surface area contributed by atoms with Crippen molar-refractivity contribution in [2.45, 2.75) is 146 Å². The summed E-state index contributed by atoms with van der Waals surface area (Å²) in [5.74, 6) is 0.535. The van der Waals surface area contributed by atoms with Crippen molar-refractivity contribution in [3.05, 3.63) is 23.5 Å². The number of fused-ring (bicyclic) bond motifs is 2. The summed E-state index contributed by atoms with van der Waals surface area (Å²) in [4.78, 5) is 14.9. The van der Waals surface area contributed by atoms with Gasteiger partial charge in [0.1, 0.15) is 12.1 Å². The maximum atomic E-state index is 14.9. The largest absolute Gasteiger partial charge is 0.387 e. The zero-order valence-electron chi connectivity index (χ0n) is 24.0. The predicted molar refractivity (Wildman–Crippen MR) is 151 cm³/mol. The molecule has 7 atom stereocenters. The van der Waals surface area contributed by atoms with Gasteiger partial charge in [0, 0.05) is 25.3 Å². The number of quaternary nitrogens is 1. The molecule has 3 fully saturated rings. The van der Waals surface area contributed by atoms with Crippen LogP contribution in [0, 0.1) is 11.3 Å². The lowest BCUT2D eigenvalue weighted by Gasteiger charge is -2.53. The van der Waals surface area contributed by atoms with Crippen molar-refractivity contribution < 1.29 is 19.1 Å². The van der Waals surface area contributed by atoms with Gasteiger partial charge in [-0.25, -0.2) is 0 Å². The van der Waals surface area contributed by atoms with E-state index in [0.717, 1.165) is 61.9 Å². The summed E-state index contributed by atoms with van der Waals surface area (Å²) in [5.41, 5.74) is 2.24. The van der Waals surface area contributed by atoms with Crippen molar-refractivity contribution in [3.8, 4) is 0 Å². The molecule has 5 nitrogen and oxygen atoms in total. The summed E-state index contributed by atoms with van der Waals surface area (Å²) in [5, 5.41) is 12.1. The van der Waals surface area contributed by atoms with Crippen LogP contribution in [0.4, 0.5) is 0 Å². The molecular weight excluding hydrogens is 472 g/mol. The Labute approximate surface area is 230 Å². The molecule has 1 aromatic rings. The van der Waals surface area contributed by atoms with E-state index >= 15 is 0 Å². The van der Waals surface area contributed by atoms with Crippen molar-refractivity contribution in [3.63, 3.8) is 0 Å². The van der Waals surface area contributed by atoms with Gasteiger partial charge >= 0.3 is 0 Å². The highest BCUT2D eigenvalue weighted by Gasteiger charge is 2.74. The van der Waals surface area contributed by atoms with Crippen LogP contribution in [0.25, 0.3) is 0 Å². The van der Waals surface area contributed by atoms with E-state index in [1.165, 1.54) is 89.0 Å². The molecule has 0 amide bonds. The maximum absolute atomic E-state index is 14.9. The number of aliphatic hydroxyl groups is 1. The fourth-order valence-corrected chi connectivity index (χ4v) is 10.2. The van der Waals surface area contributed by atoms with Gasteiger partial charge in [-0.1, -0.05) is 77.0 Å². The molecule has 0 saturated carbocycles. The highest BCUT2D eigenvalue weighted by Crippen LogP contribution is 2.64. The number of aryl methyl sites for hydroxylation is 1. The smallest absolute Gasteiger partial charge is 0.200 e. The third-order valence-electron chi connectivity index (χ3n) is 11.6. The maximum Gasteiger partial charge on any atom is 0.200 e. The minimum Gasteiger partial charge on any atom is -0.387 e. The molecule has 4 bridgehead atoms. The number of rotatable bonds is 1. The molecule has 212 valence electrons. The van der Waals surface area contributed by atoms with E-state index in [2.05, 4.69) is 16.8 Å². The Morgan fingerprint density at radius 1 is 0.921 bits per heavy atom. The average molecular weight is 526 g/mol. The monoisotopic (exact) mass is 525 g/mol. The van der Waals surface area contributed by atoms with E-state index in [1.807, 2.05) is 7.11 Å². The van der Waals surface area contributed by atoms with E-state index in [-0.39, 0.29) is 29.5 Å². The number of aliphatic hydroxyl groups excluding tert-OH is 1. The first-order valence-electron chi connectivity index (χ1n) is 16.4. The van der Waals surface area contributed by atoms with Crippen molar-refractivity contribution >= 4 is 5.78 Å². The standard InChI is InChI=1S/C33H53N2O3/c1-38-32-26-23-33-19-14-10-6-2-3-7-11-15-20-34-21-18-25(26)29(34)31(37)28(33)30-27(36)17-13-9-5-4-8-12-16-22-35(30,32)24-33/h18,21,26-28,30,32,36H,2-17,19-20,22-24H2,1H3/q+1/t26-,27+,28-,30+,32-,33+,35-/m0/s1. The third kappa shape index (κ3) is 4.53. The minimum atomic E-state index is -0.423. The Morgan fingerprint density at radius 3 is 2.32 bits per heavy atom. The number of nitrogens with zero attached hydrogens (tertiary/aromatic N) is 2. The quantitative estimate of drug-likeness (QED) is 0.403. The van der Waals surface area contributed by atoms with E-state index in [4.69, 9.17) is 4.74 Å². The molecule has 2 spiro atoms. The number of piperidine rings is 1. The Bertz CT molecular complexity index is 973. The van der Waals surface area contributed by atoms with E-state index in [9.17, 15) is 9.90 Å². The second kappa shape index (κ2) is 11.4. The number of carbonyl (C=O) groups excluding carboxylic acids is 1. The summed E-state index contributed by atoms with van der Waals surface area (Å²) in [6, 6.07) is 2.26. The van der Waals surface area contributed by atoms with E-state index in [0.29, 0.717) is 5.78 Å². The molecule has 38 heavy (non-hydrogen) atoms. The van der Waals surface area contributed by atoms with Gasteiger partial charge in [0.05, 0.1) is 30.6 Å². The van der Waals surface area contributed by atoms with Gasteiger partial charge in [-0.15, -0.1) is 0 Å². The molecule has 5 aliphatic rings. The number of ether oxygens (including phenoxy) is 1. The first-order valence-corrected chi connectivity index (χ1v) is 16.4. The molecule has 1 aromatic heterocycles. The SMILES string of the molecule is CO[C@H]1[C@H]2C[C@@]34CCCCCCCCCCn5ccc2c5C(=O)[C@@H]3[C@H]2[C@H](O)CCCCCCCCC[N@+]21C4. The van der Waals surface area contributed by atoms with Crippen molar-refractivity contribution in [2.75, 3.05) is 20.2 Å². The van der Waals surface area contributed by atoms with Crippen LogP contribution in [0.5, 0.6) is 0 Å². The second-order valence-electron chi connectivity index (χ2n) is 13.8. The third-order valence-corrected chi connectivity index (χ3v) is 11.6. The van der Waals surface area contributed by atoms with Gasteiger partial charge < -0.3 is 14.4 Å². The molecule has 4 aliphatic heterocycles. The van der Waals surface area contributed by atoms with Crippen LogP contribution in [0.15, 0.2) is 12.3 Å². The molecule has 1 N–H and O–H groups in total. The topological polar surface area (TPSA) is 51.5 Å². The molecule has 0 radical (unpaired) electrons. The van der Waals surface area contributed by atoms with Gasteiger partial charge in [0.15, 0.2) is 12.0 Å². The van der Waals surface area contributed by atoms with Crippen molar-refractivity contribution in [1.29, 1.82) is 0 Å². The molecule has 0 unspecified atom stereocenters. The summed E-state index contributed by atoms with van der Waals surface area (Å²) < 4.78 is 9.71. The highest BCUT2D eigenvalue weighted by atomic mass is 16.5. The van der Waals surface area contributed by atoms with Gasteiger partial charge in [-0.2, -0.15) is 0 Å². The number of carbonyl (C=O) groups is 1. The number of methoxy groups -OCH3 is 1. The molecule has 5 heteroatoms. The van der Waals surface area contributed by atoms with Crippen LogP contribution in [-0.2, 0) is 11.3 Å². The first kappa shape index (κ1) is 27.0. The second-order valence-corrected chi connectivity index (χ2v) is 13.8. The molecule has 3 saturated heterocycles. The molecular formula is C33H53N2O3+. The number of hydrogen-bond acceptors (Lipinski definition) is 3.